The zero-order valence-corrected chi connectivity index (χ0v) is 11.7. The van der Waals surface area contributed by atoms with Gasteiger partial charge in [0.15, 0.2) is 0 Å². The Labute approximate surface area is 90.1 Å². The molecule has 1 rings (SSSR count). The Kier molecular flexibility index (Phi) is 5.09. The van der Waals surface area contributed by atoms with E-state index in [1.54, 1.807) is 0 Å². The lowest BCUT2D eigenvalue weighted by atomic mass is 10.1. The summed E-state index contributed by atoms with van der Waals surface area (Å²) in [6.07, 6.45) is 3.70. The Hall–Kier alpha value is 0.0969. The molecule has 0 spiro atoms. The molecule has 0 amide bonds. The highest BCUT2D eigenvalue weighted by molar-refractivity contribution is 6.14. The van der Waals surface area contributed by atoms with Gasteiger partial charge in [-0.25, -0.2) is 0 Å². The number of hydrogen-bond donors (Lipinski definition) is 0. The van der Waals surface area contributed by atoms with E-state index in [1.165, 1.54) is 19.3 Å². The van der Waals surface area contributed by atoms with Crippen molar-refractivity contribution in [1.82, 2.24) is 5.06 Å². The highest BCUT2D eigenvalue weighted by Crippen LogP contribution is 2.22. The quantitative estimate of drug-likeness (QED) is 0.495. The lowest BCUT2D eigenvalue weighted by Gasteiger charge is -2.35. The Morgan fingerprint density at radius 3 is 2.57 bits per heavy atom. The molecule has 1 fully saturated rings. The van der Waals surface area contributed by atoms with Crippen molar-refractivity contribution < 1.29 is 9.57 Å². The van der Waals surface area contributed by atoms with Gasteiger partial charge in [-0.15, -0.1) is 0 Å². The number of hydrogen-bond acceptors (Lipinski definition) is 3. The summed E-state index contributed by atoms with van der Waals surface area (Å²) in [7, 11) is 1.07. The summed E-state index contributed by atoms with van der Waals surface area (Å²) in [5.74, 6) is 0. The first-order valence-electron chi connectivity index (χ1n) is 5.72. The van der Waals surface area contributed by atoms with Crippen molar-refractivity contribution >= 4 is 10.2 Å². The summed E-state index contributed by atoms with van der Waals surface area (Å²) in [4.78, 5) is 5.73. The van der Waals surface area contributed by atoms with Gasteiger partial charge in [0.25, 0.3) is 0 Å². The van der Waals surface area contributed by atoms with Crippen LogP contribution in [0.25, 0.3) is 0 Å². The highest BCUT2D eigenvalue weighted by Gasteiger charge is 2.28. The highest BCUT2D eigenvalue weighted by atomic mass is 28.1. The normalized spacial score (nSPS) is 28.5. The van der Waals surface area contributed by atoms with Gasteiger partial charge in [0.1, 0.15) is 0 Å². The van der Waals surface area contributed by atoms with E-state index in [-0.39, 0.29) is 5.22 Å². The molecule has 1 aliphatic heterocycles. The fourth-order valence-corrected chi connectivity index (χ4v) is 2.43. The van der Waals surface area contributed by atoms with Crippen LogP contribution in [0.1, 0.15) is 33.1 Å². The average Bonchev–Trinajstić information content (AvgIpc) is 2.20. The topological polar surface area (TPSA) is 21.7 Å². The molecular formula is C10H23NO2Si. The molecule has 1 saturated heterocycles. The zero-order chi connectivity index (χ0) is 10.4. The molecule has 1 atom stereocenters. The van der Waals surface area contributed by atoms with Crippen LogP contribution in [-0.2, 0) is 9.57 Å². The maximum absolute atomic E-state index is 5.81. The monoisotopic (exact) mass is 217 g/mol. The number of rotatable bonds is 5. The van der Waals surface area contributed by atoms with Crippen LogP contribution in [0, 0.1) is 0 Å². The second-order valence-electron chi connectivity index (χ2n) is 4.14. The fraction of sp³-hybridized carbons (Fsp3) is 1.00. The van der Waals surface area contributed by atoms with Crippen molar-refractivity contribution in [3.8, 4) is 0 Å². The summed E-state index contributed by atoms with van der Waals surface area (Å²) >= 11 is 0. The molecule has 0 saturated carbocycles. The third-order valence-electron chi connectivity index (χ3n) is 2.81. The molecule has 0 aliphatic carbocycles. The standard InChI is InChI=1S/C10H23NO2Si/c1-3-11(4-2)13-9-10(14)7-5-6-8-12-10/h3-9H2,1-2,14H3. The van der Waals surface area contributed by atoms with E-state index in [9.17, 15) is 0 Å². The van der Waals surface area contributed by atoms with Gasteiger partial charge in [-0.3, -0.25) is 4.84 Å². The predicted octanol–water partition coefficient (Wildman–Crippen LogP) is 0.522. The van der Waals surface area contributed by atoms with Crippen molar-refractivity contribution in [2.45, 2.75) is 38.3 Å². The average molecular weight is 217 g/mol. The smallest absolute Gasteiger partial charge is 0.0934 e. The Balaban J connectivity index is 2.27. The van der Waals surface area contributed by atoms with Crippen LogP contribution in [0.3, 0.4) is 0 Å². The number of nitrogens with zero attached hydrogens (tertiary/aromatic N) is 1. The molecular weight excluding hydrogens is 194 g/mol. The first-order valence-corrected chi connectivity index (χ1v) is 6.72. The maximum Gasteiger partial charge on any atom is 0.0934 e. The van der Waals surface area contributed by atoms with Crippen molar-refractivity contribution in [3.63, 3.8) is 0 Å². The lowest BCUT2D eigenvalue weighted by molar-refractivity contribution is -0.195. The van der Waals surface area contributed by atoms with E-state index in [1.807, 2.05) is 5.06 Å². The molecule has 0 aromatic rings. The molecule has 84 valence electrons. The molecule has 4 heteroatoms. The maximum atomic E-state index is 5.81. The van der Waals surface area contributed by atoms with Crippen LogP contribution in [-0.4, -0.2) is 46.8 Å². The van der Waals surface area contributed by atoms with Gasteiger partial charge in [-0.05, 0) is 19.3 Å². The number of ether oxygens (including phenoxy) is 1. The molecule has 0 N–H and O–H groups in total. The van der Waals surface area contributed by atoms with E-state index in [0.29, 0.717) is 0 Å². The third kappa shape index (κ3) is 3.69. The zero-order valence-electron chi connectivity index (χ0n) is 9.71. The van der Waals surface area contributed by atoms with Gasteiger partial charge >= 0.3 is 0 Å². The Bertz CT molecular complexity index is 156. The molecule has 14 heavy (non-hydrogen) atoms. The predicted molar refractivity (Wildman–Crippen MR) is 61.3 cm³/mol. The summed E-state index contributed by atoms with van der Waals surface area (Å²) in [6.45, 7) is 7.81. The first-order chi connectivity index (χ1) is 6.70. The summed E-state index contributed by atoms with van der Waals surface area (Å²) in [5.41, 5.74) is 0. The Morgan fingerprint density at radius 1 is 1.36 bits per heavy atom. The molecule has 0 aromatic heterocycles. The molecule has 1 aliphatic rings. The number of hydroxylamine groups is 2. The van der Waals surface area contributed by atoms with Crippen molar-refractivity contribution in [1.29, 1.82) is 0 Å². The minimum atomic E-state index is 0.0842. The van der Waals surface area contributed by atoms with Crippen LogP contribution in [0.5, 0.6) is 0 Å². The van der Waals surface area contributed by atoms with Gasteiger partial charge in [0.05, 0.1) is 11.8 Å². The summed E-state index contributed by atoms with van der Waals surface area (Å²) < 4.78 is 5.81. The van der Waals surface area contributed by atoms with Gasteiger partial charge < -0.3 is 4.74 Å². The lowest BCUT2D eigenvalue weighted by Crippen LogP contribution is -2.43. The molecule has 1 heterocycles. The minimum Gasteiger partial charge on any atom is -0.377 e. The molecule has 3 nitrogen and oxygen atoms in total. The third-order valence-corrected chi connectivity index (χ3v) is 3.89. The second-order valence-corrected chi connectivity index (χ2v) is 5.97. The molecule has 0 bridgehead atoms. The van der Waals surface area contributed by atoms with Crippen LogP contribution in [0.4, 0.5) is 0 Å². The van der Waals surface area contributed by atoms with Crippen LogP contribution in [0.2, 0.25) is 0 Å². The van der Waals surface area contributed by atoms with E-state index < -0.39 is 0 Å². The molecule has 1 unspecified atom stereocenters. The van der Waals surface area contributed by atoms with Crippen molar-refractivity contribution in [2.75, 3.05) is 26.3 Å². The van der Waals surface area contributed by atoms with Gasteiger partial charge in [-0.2, -0.15) is 5.06 Å². The van der Waals surface area contributed by atoms with Crippen molar-refractivity contribution in [3.05, 3.63) is 0 Å². The van der Waals surface area contributed by atoms with Crippen molar-refractivity contribution in [2.24, 2.45) is 0 Å². The largest absolute Gasteiger partial charge is 0.377 e. The van der Waals surface area contributed by atoms with Gasteiger partial charge in [0, 0.05) is 29.9 Å². The van der Waals surface area contributed by atoms with E-state index in [4.69, 9.17) is 9.57 Å². The summed E-state index contributed by atoms with van der Waals surface area (Å²) in [6, 6.07) is 0. The van der Waals surface area contributed by atoms with Crippen LogP contribution >= 0.6 is 0 Å². The second kappa shape index (κ2) is 5.85. The first kappa shape index (κ1) is 12.2. The van der Waals surface area contributed by atoms with Crippen LogP contribution in [0.15, 0.2) is 0 Å². The van der Waals surface area contributed by atoms with E-state index >= 15 is 0 Å². The van der Waals surface area contributed by atoms with Gasteiger partial charge in [-0.1, -0.05) is 13.8 Å². The molecule has 0 aromatic carbocycles. The van der Waals surface area contributed by atoms with Gasteiger partial charge in [0.2, 0.25) is 0 Å². The summed E-state index contributed by atoms with van der Waals surface area (Å²) in [5, 5.41) is 2.08. The fourth-order valence-electron chi connectivity index (χ4n) is 1.74. The Morgan fingerprint density at radius 2 is 2.07 bits per heavy atom. The van der Waals surface area contributed by atoms with E-state index in [2.05, 4.69) is 13.8 Å². The SMILES string of the molecule is CCN(CC)OCC1([SiH3])CCCCO1. The van der Waals surface area contributed by atoms with E-state index in [0.717, 1.165) is 36.5 Å². The minimum absolute atomic E-state index is 0.0842. The molecule has 0 radical (unpaired) electrons. The van der Waals surface area contributed by atoms with Crippen LogP contribution < -0.4 is 0 Å².